The first-order chi connectivity index (χ1) is 5.86. The predicted octanol–water partition coefficient (Wildman–Crippen LogP) is 2.51. The van der Waals surface area contributed by atoms with Crippen LogP contribution in [-0.2, 0) is 0 Å². The minimum absolute atomic E-state index is 0.946. The molecule has 2 nitrogen and oxygen atoms in total. The Morgan fingerprint density at radius 3 is 2.75 bits per heavy atom. The van der Waals surface area contributed by atoms with Crippen LogP contribution in [0.25, 0.3) is 11.3 Å². The van der Waals surface area contributed by atoms with Gasteiger partial charge in [-0.1, -0.05) is 0 Å². The van der Waals surface area contributed by atoms with Crippen molar-refractivity contribution in [2.45, 2.75) is 6.92 Å². The lowest BCUT2D eigenvalue weighted by Gasteiger charge is -1.95. The lowest BCUT2D eigenvalue weighted by Crippen LogP contribution is -1.85. The first-order valence-corrected chi connectivity index (χ1v) is 4.62. The summed E-state index contributed by atoms with van der Waals surface area (Å²) >= 11 is 1.67. The molecule has 0 fully saturated rings. The van der Waals surface area contributed by atoms with E-state index in [0.29, 0.717) is 0 Å². The van der Waals surface area contributed by atoms with E-state index in [4.69, 9.17) is 0 Å². The van der Waals surface area contributed by atoms with Crippen molar-refractivity contribution in [2.24, 2.45) is 0 Å². The Kier molecular flexibility index (Phi) is 1.87. The van der Waals surface area contributed by atoms with Crippen molar-refractivity contribution >= 4 is 11.3 Å². The van der Waals surface area contributed by atoms with Crippen molar-refractivity contribution in [1.82, 2.24) is 9.97 Å². The predicted molar refractivity (Wildman–Crippen MR) is 50.1 cm³/mol. The number of hydrogen-bond donors (Lipinski definition) is 0. The summed E-state index contributed by atoms with van der Waals surface area (Å²) in [4.78, 5) is 8.44. The number of thiophene rings is 1. The largest absolute Gasteiger partial charge is 0.258 e. The molecule has 0 saturated carbocycles. The highest BCUT2D eigenvalue weighted by molar-refractivity contribution is 7.08. The van der Waals surface area contributed by atoms with E-state index >= 15 is 0 Å². The topological polar surface area (TPSA) is 25.8 Å². The Hall–Kier alpha value is -1.22. The van der Waals surface area contributed by atoms with Crippen LogP contribution in [0, 0.1) is 6.92 Å². The minimum Gasteiger partial charge on any atom is -0.258 e. The summed E-state index contributed by atoms with van der Waals surface area (Å²) in [6.07, 6.45) is 3.59. The number of hydrogen-bond acceptors (Lipinski definition) is 3. The van der Waals surface area contributed by atoms with Gasteiger partial charge in [0, 0.05) is 17.1 Å². The average Bonchev–Trinajstić information content (AvgIpc) is 2.58. The second kappa shape index (κ2) is 3.03. The molecule has 0 N–H and O–H groups in total. The van der Waals surface area contributed by atoms with Crippen LogP contribution >= 0.6 is 11.3 Å². The normalized spacial score (nSPS) is 10.1. The highest BCUT2D eigenvalue weighted by Gasteiger charge is 1.97. The summed E-state index contributed by atoms with van der Waals surface area (Å²) < 4.78 is 0. The van der Waals surface area contributed by atoms with E-state index in [2.05, 4.69) is 15.3 Å². The van der Waals surface area contributed by atoms with Crippen LogP contribution in [0.5, 0.6) is 0 Å². The molecular weight excluding hydrogens is 168 g/mol. The molecule has 2 rings (SSSR count). The first kappa shape index (κ1) is 7.43. The van der Waals surface area contributed by atoms with E-state index in [0.717, 1.165) is 17.0 Å². The van der Waals surface area contributed by atoms with Crippen molar-refractivity contribution in [3.63, 3.8) is 0 Å². The molecule has 0 radical (unpaired) electrons. The Labute approximate surface area is 74.9 Å². The lowest BCUT2D eigenvalue weighted by atomic mass is 10.2. The van der Waals surface area contributed by atoms with Crippen LogP contribution in [0.15, 0.2) is 29.2 Å². The van der Waals surface area contributed by atoms with Crippen LogP contribution in [0.2, 0.25) is 0 Å². The van der Waals surface area contributed by atoms with E-state index in [9.17, 15) is 0 Å². The van der Waals surface area contributed by atoms with Crippen molar-refractivity contribution in [3.8, 4) is 11.3 Å². The second-order valence-electron chi connectivity index (χ2n) is 2.56. The van der Waals surface area contributed by atoms with Gasteiger partial charge >= 0.3 is 0 Å². The maximum Gasteiger partial charge on any atom is 0.0893 e. The van der Waals surface area contributed by atoms with Crippen molar-refractivity contribution < 1.29 is 0 Å². The smallest absolute Gasteiger partial charge is 0.0893 e. The lowest BCUT2D eigenvalue weighted by molar-refractivity contribution is 1.12. The van der Waals surface area contributed by atoms with Gasteiger partial charge in [-0.15, -0.1) is 0 Å². The number of aryl methyl sites for hydroxylation is 1. The molecule has 0 aromatic carbocycles. The molecule has 0 amide bonds. The van der Waals surface area contributed by atoms with Gasteiger partial charge in [-0.2, -0.15) is 11.3 Å². The molecule has 0 atom stereocenters. The summed E-state index contributed by atoms with van der Waals surface area (Å²) in [5, 5.41) is 4.11. The molecule has 0 aliphatic carbocycles. The summed E-state index contributed by atoms with van der Waals surface area (Å²) in [5.41, 5.74) is 3.04. The maximum absolute atomic E-state index is 4.26. The van der Waals surface area contributed by atoms with E-state index in [1.54, 1.807) is 23.7 Å². The third-order valence-corrected chi connectivity index (χ3v) is 2.28. The van der Waals surface area contributed by atoms with Crippen LogP contribution < -0.4 is 0 Å². The molecule has 3 heteroatoms. The summed E-state index contributed by atoms with van der Waals surface area (Å²) in [6.45, 7) is 1.93. The van der Waals surface area contributed by atoms with Crippen LogP contribution in [-0.4, -0.2) is 9.97 Å². The number of nitrogens with zero attached hydrogens (tertiary/aromatic N) is 2. The second-order valence-corrected chi connectivity index (χ2v) is 3.34. The zero-order valence-corrected chi connectivity index (χ0v) is 7.51. The Balaban J connectivity index is 2.43. The van der Waals surface area contributed by atoms with Gasteiger partial charge in [-0.05, 0) is 18.4 Å². The Morgan fingerprint density at radius 1 is 1.25 bits per heavy atom. The molecule has 0 spiro atoms. The van der Waals surface area contributed by atoms with E-state index in [-0.39, 0.29) is 0 Å². The third kappa shape index (κ3) is 1.36. The van der Waals surface area contributed by atoms with Gasteiger partial charge in [-0.3, -0.25) is 9.97 Å². The molecule has 0 bridgehead atoms. The fourth-order valence-corrected chi connectivity index (χ4v) is 1.60. The van der Waals surface area contributed by atoms with Crippen LogP contribution in [0.3, 0.4) is 0 Å². The van der Waals surface area contributed by atoms with Gasteiger partial charge in [0.2, 0.25) is 0 Å². The van der Waals surface area contributed by atoms with E-state index in [1.165, 1.54) is 0 Å². The van der Waals surface area contributed by atoms with Gasteiger partial charge < -0.3 is 0 Å². The van der Waals surface area contributed by atoms with Crippen molar-refractivity contribution in [1.29, 1.82) is 0 Å². The molecule has 2 heterocycles. The standard InChI is InChI=1S/C9H8N2S/c1-7-4-11-9(5-10-7)8-2-3-12-6-8/h2-6H,1H3. The van der Waals surface area contributed by atoms with E-state index in [1.807, 2.05) is 18.4 Å². The maximum atomic E-state index is 4.26. The summed E-state index contributed by atoms with van der Waals surface area (Å²) in [6, 6.07) is 2.05. The van der Waals surface area contributed by atoms with Crippen LogP contribution in [0.4, 0.5) is 0 Å². The molecule has 0 saturated heterocycles. The Bertz CT molecular complexity index is 351. The minimum atomic E-state index is 0.946. The molecular formula is C9H8N2S. The quantitative estimate of drug-likeness (QED) is 0.667. The fraction of sp³-hybridized carbons (Fsp3) is 0.111. The fourth-order valence-electron chi connectivity index (χ4n) is 0.952. The highest BCUT2D eigenvalue weighted by Crippen LogP contribution is 2.18. The highest BCUT2D eigenvalue weighted by atomic mass is 32.1. The average molecular weight is 176 g/mol. The monoisotopic (exact) mass is 176 g/mol. The van der Waals surface area contributed by atoms with Crippen LogP contribution in [0.1, 0.15) is 5.69 Å². The molecule has 60 valence electrons. The zero-order chi connectivity index (χ0) is 8.39. The van der Waals surface area contributed by atoms with Gasteiger partial charge in [0.15, 0.2) is 0 Å². The molecule has 2 aromatic heterocycles. The molecule has 0 aliphatic rings. The molecule has 0 aliphatic heterocycles. The van der Waals surface area contributed by atoms with Crippen molar-refractivity contribution in [3.05, 3.63) is 34.9 Å². The summed E-state index contributed by atoms with van der Waals surface area (Å²) in [7, 11) is 0. The van der Waals surface area contributed by atoms with Gasteiger partial charge in [0.05, 0.1) is 17.6 Å². The number of aromatic nitrogens is 2. The third-order valence-electron chi connectivity index (χ3n) is 1.60. The van der Waals surface area contributed by atoms with Gasteiger partial charge in [-0.25, -0.2) is 0 Å². The molecule has 2 aromatic rings. The number of rotatable bonds is 1. The van der Waals surface area contributed by atoms with E-state index < -0.39 is 0 Å². The molecule has 0 unspecified atom stereocenters. The Morgan fingerprint density at radius 2 is 2.17 bits per heavy atom. The van der Waals surface area contributed by atoms with Crippen molar-refractivity contribution in [2.75, 3.05) is 0 Å². The van der Waals surface area contributed by atoms with Gasteiger partial charge in [0.1, 0.15) is 0 Å². The first-order valence-electron chi connectivity index (χ1n) is 3.67. The zero-order valence-electron chi connectivity index (χ0n) is 6.69. The SMILES string of the molecule is Cc1cnc(-c2ccsc2)cn1. The van der Waals surface area contributed by atoms with Gasteiger partial charge in [0.25, 0.3) is 0 Å². The summed E-state index contributed by atoms with van der Waals surface area (Å²) in [5.74, 6) is 0. The molecule has 12 heavy (non-hydrogen) atoms.